The molecular weight excluding hydrogens is 913 g/mol. The molecule has 0 radical (unpaired) electrons. The molecule has 0 aliphatic heterocycles. The summed E-state index contributed by atoms with van der Waals surface area (Å²) in [5.41, 5.74) is 0. The molecule has 0 amide bonds. The smallest absolute Gasteiger partial charge is 0.306 e. The van der Waals surface area contributed by atoms with E-state index in [0.29, 0.717) is 19.3 Å². The maximum atomic E-state index is 12.9. The number of carbonyl (C=O) groups excluding carboxylic acids is 3. The van der Waals surface area contributed by atoms with Crippen LogP contribution in [-0.4, -0.2) is 37.2 Å². The van der Waals surface area contributed by atoms with Crippen LogP contribution in [0.4, 0.5) is 0 Å². The third-order valence-corrected chi connectivity index (χ3v) is 15.5. The maximum Gasteiger partial charge on any atom is 0.306 e. The number of unbranched alkanes of at least 4 members (excludes halogenated alkanes) is 50. The first-order valence-electron chi connectivity index (χ1n) is 33.7. The van der Waals surface area contributed by atoms with Crippen molar-refractivity contribution < 1.29 is 28.6 Å². The number of carbonyl (C=O) groups is 3. The van der Waals surface area contributed by atoms with E-state index < -0.39 is 6.10 Å². The molecule has 74 heavy (non-hydrogen) atoms. The van der Waals surface area contributed by atoms with Gasteiger partial charge in [-0.25, -0.2) is 0 Å². The lowest BCUT2D eigenvalue weighted by molar-refractivity contribution is -0.167. The van der Waals surface area contributed by atoms with Crippen LogP contribution in [0.3, 0.4) is 0 Å². The van der Waals surface area contributed by atoms with Crippen LogP contribution in [0.15, 0.2) is 12.2 Å². The Hall–Kier alpha value is -1.85. The van der Waals surface area contributed by atoms with E-state index in [-0.39, 0.29) is 31.1 Å². The minimum atomic E-state index is -0.763. The predicted molar refractivity (Wildman–Crippen MR) is 321 cm³/mol. The van der Waals surface area contributed by atoms with Crippen molar-refractivity contribution >= 4 is 17.9 Å². The van der Waals surface area contributed by atoms with E-state index >= 15 is 0 Å². The van der Waals surface area contributed by atoms with Gasteiger partial charge in [-0.1, -0.05) is 335 Å². The first-order valence-corrected chi connectivity index (χ1v) is 33.7. The van der Waals surface area contributed by atoms with E-state index in [1.807, 2.05) is 0 Å². The molecule has 0 saturated carbocycles. The van der Waals surface area contributed by atoms with Crippen LogP contribution >= 0.6 is 0 Å². The van der Waals surface area contributed by atoms with Crippen LogP contribution in [0.2, 0.25) is 0 Å². The summed E-state index contributed by atoms with van der Waals surface area (Å²) in [4.78, 5) is 38.0. The highest BCUT2D eigenvalue weighted by atomic mass is 16.6. The highest BCUT2D eigenvalue weighted by Crippen LogP contribution is 2.19. The molecular formula is C68H130O6. The first kappa shape index (κ1) is 72.2. The molecule has 0 bridgehead atoms. The van der Waals surface area contributed by atoms with Gasteiger partial charge in [-0.15, -0.1) is 0 Å². The Morgan fingerprint density at radius 3 is 0.676 bits per heavy atom. The summed E-state index contributed by atoms with van der Waals surface area (Å²) >= 11 is 0. The second-order valence-corrected chi connectivity index (χ2v) is 23.1. The summed E-state index contributed by atoms with van der Waals surface area (Å²) in [5.74, 6) is -0.845. The number of rotatable bonds is 63. The average molecular weight is 1040 g/mol. The van der Waals surface area contributed by atoms with Crippen LogP contribution < -0.4 is 0 Å². The molecule has 0 spiro atoms. The van der Waals surface area contributed by atoms with Crippen molar-refractivity contribution in [3.8, 4) is 0 Å². The number of hydrogen-bond acceptors (Lipinski definition) is 6. The summed E-state index contributed by atoms with van der Waals surface area (Å²) < 4.78 is 16.8. The third kappa shape index (κ3) is 61.0. The zero-order chi connectivity index (χ0) is 53.6. The quantitative estimate of drug-likeness (QED) is 0.0261. The molecule has 438 valence electrons. The maximum absolute atomic E-state index is 12.9. The van der Waals surface area contributed by atoms with Crippen molar-refractivity contribution in [2.24, 2.45) is 0 Å². The van der Waals surface area contributed by atoms with Crippen molar-refractivity contribution in [2.75, 3.05) is 13.2 Å². The van der Waals surface area contributed by atoms with E-state index in [2.05, 4.69) is 32.9 Å². The Morgan fingerprint density at radius 2 is 0.446 bits per heavy atom. The summed E-state index contributed by atoms with van der Waals surface area (Å²) in [6, 6.07) is 0. The lowest BCUT2D eigenvalue weighted by Gasteiger charge is -2.18. The summed E-state index contributed by atoms with van der Waals surface area (Å²) in [5, 5.41) is 0. The van der Waals surface area contributed by atoms with Crippen molar-refractivity contribution in [1.29, 1.82) is 0 Å². The van der Waals surface area contributed by atoms with Crippen molar-refractivity contribution in [2.45, 2.75) is 393 Å². The van der Waals surface area contributed by atoms with Gasteiger partial charge >= 0.3 is 17.9 Å². The second kappa shape index (κ2) is 63.7. The number of hydrogen-bond donors (Lipinski definition) is 0. The minimum absolute atomic E-state index is 0.0644. The molecule has 1 atom stereocenters. The number of esters is 3. The van der Waals surface area contributed by atoms with E-state index in [4.69, 9.17) is 14.2 Å². The van der Waals surface area contributed by atoms with Gasteiger partial charge < -0.3 is 14.2 Å². The lowest BCUT2D eigenvalue weighted by Crippen LogP contribution is -2.30. The fraction of sp³-hybridized carbons (Fsp3) is 0.926. The molecule has 0 N–H and O–H groups in total. The van der Waals surface area contributed by atoms with Crippen LogP contribution in [0.25, 0.3) is 0 Å². The van der Waals surface area contributed by atoms with Crippen molar-refractivity contribution in [3.05, 3.63) is 12.2 Å². The molecule has 0 aliphatic carbocycles. The highest BCUT2D eigenvalue weighted by molar-refractivity contribution is 5.71. The first-order chi connectivity index (χ1) is 36.5. The van der Waals surface area contributed by atoms with Gasteiger partial charge in [0.05, 0.1) is 0 Å². The van der Waals surface area contributed by atoms with Gasteiger partial charge in [0.1, 0.15) is 13.2 Å². The van der Waals surface area contributed by atoms with Gasteiger partial charge in [0, 0.05) is 19.3 Å². The van der Waals surface area contributed by atoms with Crippen molar-refractivity contribution in [1.82, 2.24) is 0 Å². The Kier molecular flexibility index (Phi) is 62.1. The molecule has 6 heteroatoms. The van der Waals surface area contributed by atoms with Crippen LogP contribution in [-0.2, 0) is 28.6 Å². The molecule has 0 heterocycles. The monoisotopic (exact) mass is 1040 g/mol. The largest absolute Gasteiger partial charge is 0.462 e. The SMILES string of the molecule is CCCCCCCCCC/C=C\CCCCCCCCCCCCCCCC(=O)OCC(COC(=O)CCCCCCCC)OC(=O)CCCCCCCCCCCCCCCCCCCCCCCCCCC. The van der Waals surface area contributed by atoms with E-state index in [1.165, 1.54) is 289 Å². The molecule has 0 aromatic rings. The molecule has 0 fully saturated rings. The standard InChI is InChI=1S/C68H130O6/c1-4-7-10-13-16-18-20-22-24-26-28-30-32-34-36-38-40-42-44-46-48-50-52-55-58-61-67(70)73-64-65(63-72-66(69)60-57-54-15-12-9-6-3)74-68(71)62-59-56-53-51-49-47-45-43-41-39-37-35-33-31-29-27-25-23-21-19-17-14-11-8-5-2/h26,28,65H,4-25,27,29-64H2,1-3H3/b28-26-. The Morgan fingerprint density at radius 1 is 0.257 bits per heavy atom. The van der Waals surface area contributed by atoms with Crippen LogP contribution in [0.1, 0.15) is 387 Å². The fourth-order valence-corrected chi connectivity index (χ4v) is 10.4. The van der Waals surface area contributed by atoms with E-state index in [9.17, 15) is 14.4 Å². The average Bonchev–Trinajstić information content (AvgIpc) is 3.40. The second-order valence-electron chi connectivity index (χ2n) is 23.1. The summed E-state index contributed by atoms with van der Waals surface area (Å²) in [6.45, 7) is 6.66. The van der Waals surface area contributed by atoms with Crippen molar-refractivity contribution in [3.63, 3.8) is 0 Å². The highest BCUT2D eigenvalue weighted by Gasteiger charge is 2.19. The Balaban J connectivity index is 3.99. The Bertz CT molecular complexity index is 1150. The molecule has 1 unspecified atom stereocenters. The number of allylic oxidation sites excluding steroid dienone is 2. The van der Waals surface area contributed by atoms with Crippen LogP contribution in [0, 0.1) is 0 Å². The molecule has 0 saturated heterocycles. The fourth-order valence-electron chi connectivity index (χ4n) is 10.4. The summed E-state index contributed by atoms with van der Waals surface area (Å²) in [6.07, 6.45) is 75.6. The van der Waals surface area contributed by atoms with Gasteiger partial charge in [0.2, 0.25) is 0 Å². The van der Waals surface area contributed by atoms with Gasteiger partial charge in [-0.2, -0.15) is 0 Å². The topological polar surface area (TPSA) is 78.9 Å². The molecule has 0 aliphatic rings. The molecule has 6 nitrogen and oxygen atoms in total. The third-order valence-electron chi connectivity index (χ3n) is 15.5. The lowest BCUT2D eigenvalue weighted by atomic mass is 10.0. The van der Waals surface area contributed by atoms with E-state index in [1.54, 1.807) is 0 Å². The zero-order valence-corrected chi connectivity index (χ0v) is 50.4. The Labute approximate surface area is 462 Å². The van der Waals surface area contributed by atoms with Gasteiger partial charge in [-0.3, -0.25) is 14.4 Å². The van der Waals surface area contributed by atoms with Crippen LogP contribution in [0.5, 0.6) is 0 Å². The van der Waals surface area contributed by atoms with Gasteiger partial charge in [0.15, 0.2) is 6.10 Å². The van der Waals surface area contributed by atoms with E-state index in [0.717, 1.165) is 57.8 Å². The normalized spacial score (nSPS) is 12.0. The summed E-state index contributed by atoms with van der Waals surface area (Å²) in [7, 11) is 0. The number of ether oxygens (including phenoxy) is 3. The molecule has 0 aromatic carbocycles. The van der Waals surface area contributed by atoms with Gasteiger partial charge in [0.25, 0.3) is 0 Å². The minimum Gasteiger partial charge on any atom is -0.462 e. The zero-order valence-electron chi connectivity index (χ0n) is 50.4. The predicted octanol–water partition coefficient (Wildman–Crippen LogP) is 22.8. The molecule has 0 rings (SSSR count). The molecule has 0 aromatic heterocycles. The van der Waals surface area contributed by atoms with Gasteiger partial charge in [-0.05, 0) is 44.9 Å².